The third kappa shape index (κ3) is 5.84. The summed E-state index contributed by atoms with van der Waals surface area (Å²) in [6, 6.07) is -0.510. The zero-order chi connectivity index (χ0) is 24.0. The van der Waals surface area contributed by atoms with Gasteiger partial charge in [0, 0.05) is 19.8 Å². The first-order valence-electron chi connectivity index (χ1n) is 11.6. The molecule has 182 valence electrons. The van der Waals surface area contributed by atoms with Crippen LogP contribution < -0.4 is 5.32 Å². The smallest absolute Gasteiger partial charge is 0.400 e. The van der Waals surface area contributed by atoms with Gasteiger partial charge < -0.3 is 15.5 Å². The van der Waals surface area contributed by atoms with Gasteiger partial charge in [-0.2, -0.15) is 13.2 Å². The molecule has 3 saturated carbocycles. The van der Waals surface area contributed by atoms with Gasteiger partial charge in [-0.25, -0.2) is 0 Å². The van der Waals surface area contributed by atoms with Crippen molar-refractivity contribution in [1.82, 2.24) is 5.32 Å². The molecule has 31 heavy (non-hydrogen) atoms. The van der Waals surface area contributed by atoms with Crippen molar-refractivity contribution in [2.75, 3.05) is 13.7 Å². The predicted octanol–water partition coefficient (Wildman–Crippen LogP) is 5.24. The molecule has 0 radical (unpaired) electrons. The van der Waals surface area contributed by atoms with E-state index in [1.807, 2.05) is 13.8 Å². The molecule has 3 fully saturated rings. The molecule has 0 aliphatic heterocycles. The van der Waals surface area contributed by atoms with Gasteiger partial charge in [0.05, 0.1) is 0 Å². The van der Waals surface area contributed by atoms with Crippen molar-refractivity contribution in [1.29, 1.82) is 0 Å². The lowest BCUT2D eigenvalue weighted by molar-refractivity contribution is -0.175. The summed E-state index contributed by atoms with van der Waals surface area (Å²) in [7, 11) is 1.00. The molecular formula is C24H42F3NO3. The number of halogens is 3. The molecule has 4 nitrogen and oxygen atoms in total. The van der Waals surface area contributed by atoms with Crippen molar-refractivity contribution in [2.24, 2.45) is 28.6 Å². The van der Waals surface area contributed by atoms with Crippen LogP contribution >= 0.6 is 0 Å². The molecule has 0 saturated heterocycles. The van der Waals surface area contributed by atoms with E-state index in [0.717, 1.165) is 39.2 Å². The highest BCUT2D eigenvalue weighted by atomic mass is 19.4. The lowest BCUT2D eigenvalue weighted by Gasteiger charge is -2.53. The monoisotopic (exact) mass is 449 g/mol. The molecule has 3 rings (SSSR count). The second-order valence-corrected chi connectivity index (χ2v) is 9.56. The van der Waals surface area contributed by atoms with Crippen molar-refractivity contribution >= 4 is 5.91 Å². The van der Waals surface area contributed by atoms with Crippen LogP contribution in [0.15, 0.2) is 12.2 Å². The maximum Gasteiger partial charge on any atom is 0.471 e. The lowest BCUT2D eigenvalue weighted by Crippen LogP contribution is -2.52. The Kier molecular flexibility index (Phi) is 10.1. The number of hydrogen-bond donors (Lipinski definition) is 3. The summed E-state index contributed by atoms with van der Waals surface area (Å²) in [6.45, 7) is 12.8. The van der Waals surface area contributed by atoms with E-state index >= 15 is 0 Å². The molecule has 0 heterocycles. The molecule has 0 aromatic rings. The summed E-state index contributed by atoms with van der Waals surface area (Å²) in [5.41, 5.74) is 1.52. The summed E-state index contributed by atoms with van der Waals surface area (Å²) in [5, 5.41) is 19.1. The van der Waals surface area contributed by atoms with Crippen LogP contribution in [0.4, 0.5) is 13.2 Å². The van der Waals surface area contributed by atoms with E-state index in [4.69, 9.17) is 5.11 Å². The number of aliphatic hydroxyl groups excluding tert-OH is 2. The van der Waals surface area contributed by atoms with E-state index in [0.29, 0.717) is 24.7 Å². The molecular weight excluding hydrogens is 407 g/mol. The average Bonchev–Trinajstić information content (AvgIpc) is 3.05. The van der Waals surface area contributed by atoms with Gasteiger partial charge in [0.15, 0.2) is 0 Å². The Hall–Kier alpha value is -1.08. The fraction of sp³-hybridized carbons (Fsp3) is 0.875. The number of fused-ring (bicyclic) bond motifs is 1. The summed E-state index contributed by atoms with van der Waals surface area (Å²) in [5.74, 6) is -0.852. The maximum atomic E-state index is 12.5. The second-order valence-electron chi connectivity index (χ2n) is 9.56. The number of amides is 1. The zero-order valence-corrected chi connectivity index (χ0v) is 19.8. The molecule has 6 atom stereocenters. The standard InChI is InChI=1S/C21H32F3NO2.C2H6.CH4O/c1-13-4-5-14-10-15(6-8-19(13,14)2)20(3)9-7-17(11-16(20)12-26)25-18(27)21(22,23)24;2*1-2/h14-17,26H,1,4-12H2,2-3H3,(H,25,27);1-2H3;2H,1H3. The van der Waals surface area contributed by atoms with Gasteiger partial charge in [0.25, 0.3) is 0 Å². The molecule has 6 unspecified atom stereocenters. The van der Waals surface area contributed by atoms with Gasteiger partial charge in [-0.3, -0.25) is 4.79 Å². The Bertz CT molecular complexity index is 609. The molecule has 0 aromatic heterocycles. The van der Waals surface area contributed by atoms with Crippen LogP contribution in [-0.4, -0.2) is 42.1 Å². The Morgan fingerprint density at radius 1 is 1.10 bits per heavy atom. The van der Waals surface area contributed by atoms with Crippen molar-refractivity contribution < 1.29 is 28.2 Å². The van der Waals surface area contributed by atoms with Gasteiger partial charge in [0.2, 0.25) is 0 Å². The van der Waals surface area contributed by atoms with E-state index in [1.165, 1.54) is 12.0 Å². The minimum atomic E-state index is -4.85. The van der Waals surface area contributed by atoms with Crippen molar-refractivity contribution in [3.63, 3.8) is 0 Å². The molecule has 0 spiro atoms. The number of alkyl halides is 3. The van der Waals surface area contributed by atoms with Gasteiger partial charge in [-0.1, -0.05) is 39.8 Å². The van der Waals surface area contributed by atoms with Crippen LogP contribution in [0.1, 0.15) is 79.1 Å². The van der Waals surface area contributed by atoms with Gasteiger partial charge in [-0.15, -0.1) is 0 Å². The van der Waals surface area contributed by atoms with Gasteiger partial charge in [-0.05, 0) is 80.0 Å². The summed E-state index contributed by atoms with van der Waals surface area (Å²) in [4.78, 5) is 11.3. The first-order chi connectivity index (χ1) is 14.5. The maximum absolute atomic E-state index is 12.5. The van der Waals surface area contributed by atoms with Crippen LogP contribution in [0.25, 0.3) is 0 Å². The molecule has 3 aliphatic rings. The number of rotatable bonds is 3. The quantitative estimate of drug-likeness (QED) is 0.516. The van der Waals surface area contributed by atoms with Gasteiger partial charge in [0.1, 0.15) is 0 Å². The van der Waals surface area contributed by atoms with Crippen LogP contribution in [0, 0.1) is 28.6 Å². The van der Waals surface area contributed by atoms with Crippen LogP contribution in [0.2, 0.25) is 0 Å². The SMILES string of the molecule is C=C1CCC2CC(C3(C)CCC(NC(=O)C(F)(F)F)CC3CO)CCC12C.CC.CO. The Morgan fingerprint density at radius 3 is 2.26 bits per heavy atom. The third-order valence-electron chi connectivity index (χ3n) is 8.36. The van der Waals surface area contributed by atoms with Crippen molar-refractivity contribution in [3.05, 3.63) is 12.2 Å². The number of hydrogen-bond acceptors (Lipinski definition) is 3. The van der Waals surface area contributed by atoms with Crippen LogP contribution in [0.3, 0.4) is 0 Å². The fourth-order valence-electron chi connectivity index (χ4n) is 6.17. The van der Waals surface area contributed by atoms with Crippen LogP contribution in [-0.2, 0) is 4.79 Å². The minimum absolute atomic E-state index is 0.0416. The average molecular weight is 450 g/mol. The number of carbonyl (C=O) groups excluding carboxylic acids is 1. The number of nitrogens with one attached hydrogen (secondary N) is 1. The lowest BCUT2D eigenvalue weighted by atomic mass is 9.53. The van der Waals surface area contributed by atoms with E-state index < -0.39 is 18.1 Å². The third-order valence-corrected chi connectivity index (χ3v) is 8.36. The van der Waals surface area contributed by atoms with E-state index in [-0.39, 0.29) is 23.4 Å². The normalized spacial score (nSPS) is 37.5. The van der Waals surface area contributed by atoms with E-state index in [1.54, 1.807) is 0 Å². The molecule has 0 aromatic carbocycles. The number of allylic oxidation sites excluding steroid dienone is 1. The molecule has 1 amide bonds. The second kappa shape index (κ2) is 11.2. The Labute approximate surface area is 185 Å². The number of aliphatic hydroxyl groups is 2. The van der Waals surface area contributed by atoms with Gasteiger partial charge >= 0.3 is 12.1 Å². The van der Waals surface area contributed by atoms with E-state index in [9.17, 15) is 23.1 Å². The fourth-order valence-corrected chi connectivity index (χ4v) is 6.17. The first-order valence-corrected chi connectivity index (χ1v) is 11.6. The minimum Gasteiger partial charge on any atom is -0.400 e. The Balaban J connectivity index is 0.00000113. The highest BCUT2D eigenvalue weighted by Crippen LogP contribution is 2.61. The predicted molar refractivity (Wildman–Crippen MR) is 117 cm³/mol. The van der Waals surface area contributed by atoms with Crippen molar-refractivity contribution in [3.8, 4) is 0 Å². The molecule has 3 N–H and O–H groups in total. The molecule has 7 heteroatoms. The largest absolute Gasteiger partial charge is 0.471 e. The first kappa shape index (κ1) is 28.0. The van der Waals surface area contributed by atoms with Crippen LogP contribution in [0.5, 0.6) is 0 Å². The highest BCUT2D eigenvalue weighted by Gasteiger charge is 2.52. The molecule has 3 aliphatic carbocycles. The number of carbonyl (C=O) groups is 1. The summed E-state index contributed by atoms with van der Waals surface area (Å²) < 4.78 is 37.6. The summed E-state index contributed by atoms with van der Waals surface area (Å²) in [6.07, 6.45) is 2.43. The van der Waals surface area contributed by atoms with Crippen molar-refractivity contribution in [2.45, 2.75) is 91.3 Å². The summed E-state index contributed by atoms with van der Waals surface area (Å²) >= 11 is 0. The highest BCUT2D eigenvalue weighted by molar-refractivity contribution is 5.81. The topological polar surface area (TPSA) is 69.6 Å². The Morgan fingerprint density at radius 2 is 1.71 bits per heavy atom. The van der Waals surface area contributed by atoms with E-state index in [2.05, 4.69) is 25.7 Å². The molecule has 0 bridgehead atoms. The zero-order valence-electron chi connectivity index (χ0n) is 19.8.